The normalized spacial score (nSPS) is 49.7. The van der Waals surface area contributed by atoms with Crippen molar-refractivity contribution in [2.45, 2.75) is 89.4 Å². The molecule has 0 radical (unpaired) electrons. The van der Waals surface area contributed by atoms with Crippen molar-refractivity contribution in [2.24, 2.45) is 11.8 Å². The topological polar surface area (TPSA) is 24.1 Å². The molecular formula is C16H30N2. The molecule has 0 aliphatic carbocycles. The Labute approximate surface area is 112 Å². The van der Waals surface area contributed by atoms with Gasteiger partial charge in [0.15, 0.2) is 0 Å². The highest BCUT2D eigenvalue weighted by molar-refractivity contribution is 4.91. The lowest BCUT2D eigenvalue weighted by Gasteiger charge is -2.26. The van der Waals surface area contributed by atoms with Crippen molar-refractivity contribution in [1.82, 2.24) is 10.6 Å². The van der Waals surface area contributed by atoms with Crippen LogP contribution in [0.5, 0.6) is 0 Å². The average molecular weight is 250 g/mol. The largest absolute Gasteiger partial charge is 0.311 e. The van der Waals surface area contributed by atoms with Crippen molar-refractivity contribution in [3.8, 4) is 0 Å². The van der Waals surface area contributed by atoms with Gasteiger partial charge in [-0.1, -0.05) is 13.8 Å². The number of hydrogen-bond donors (Lipinski definition) is 2. The first-order valence-corrected chi connectivity index (χ1v) is 8.23. The van der Waals surface area contributed by atoms with Gasteiger partial charge in [0.05, 0.1) is 0 Å². The number of nitrogens with one attached hydrogen (secondary N) is 2. The van der Waals surface area contributed by atoms with Crippen LogP contribution in [0, 0.1) is 11.8 Å². The molecule has 0 amide bonds. The summed E-state index contributed by atoms with van der Waals surface area (Å²) in [6, 6.07) is 3.55. The first-order chi connectivity index (χ1) is 8.70. The molecule has 4 fully saturated rings. The lowest BCUT2D eigenvalue weighted by atomic mass is 9.94. The van der Waals surface area contributed by atoms with Gasteiger partial charge in [-0.3, -0.25) is 0 Å². The molecule has 104 valence electrons. The standard InChI is InChI=1S/2C8H15N/c1-6-4-7-2-3-8(5-6)9-7;1-6-2-3-7-4-5-8(6)9-7/h2*6-9H,2-5H2,1H3. The molecular weight excluding hydrogens is 220 g/mol. The Bertz CT molecular complexity index is 266. The smallest absolute Gasteiger partial charge is 0.00958 e. The van der Waals surface area contributed by atoms with E-state index in [0.29, 0.717) is 0 Å². The Hall–Kier alpha value is -0.0800. The Morgan fingerprint density at radius 2 is 1.28 bits per heavy atom. The van der Waals surface area contributed by atoms with E-state index in [-0.39, 0.29) is 0 Å². The summed E-state index contributed by atoms with van der Waals surface area (Å²) in [5, 5.41) is 7.26. The molecule has 0 saturated carbocycles. The van der Waals surface area contributed by atoms with Gasteiger partial charge < -0.3 is 10.6 Å². The third-order valence-corrected chi connectivity index (χ3v) is 5.64. The van der Waals surface area contributed by atoms with Gasteiger partial charge in [-0.25, -0.2) is 0 Å². The summed E-state index contributed by atoms with van der Waals surface area (Å²) in [6.45, 7) is 4.76. The zero-order valence-corrected chi connectivity index (χ0v) is 12.1. The predicted molar refractivity (Wildman–Crippen MR) is 76.7 cm³/mol. The van der Waals surface area contributed by atoms with E-state index in [1.807, 2.05) is 0 Å². The molecule has 2 nitrogen and oxygen atoms in total. The summed E-state index contributed by atoms with van der Waals surface area (Å²) in [5.74, 6) is 1.94. The lowest BCUT2D eigenvalue weighted by Crippen LogP contribution is -2.38. The summed E-state index contributed by atoms with van der Waals surface area (Å²) in [5.41, 5.74) is 0. The molecule has 4 aliphatic rings. The molecule has 18 heavy (non-hydrogen) atoms. The van der Waals surface area contributed by atoms with Crippen molar-refractivity contribution in [3.05, 3.63) is 0 Å². The zero-order chi connectivity index (χ0) is 12.5. The van der Waals surface area contributed by atoms with Crippen molar-refractivity contribution in [3.63, 3.8) is 0 Å². The number of hydrogen-bond acceptors (Lipinski definition) is 2. The molecule has 4 aliphatic heterocycles. The van der Waals surface area contributed by atoms with Crippen LogP contribution in [-0.2, 0) is 0 Å². The maximum atomic E-state index is 3.64. The van der Waals surface area contributed by atoms with Crippen LogP contribution in [0.1, 0.15) is 65.2 Å². The zero-order valence-electron chi connectivity index (χ0n) is 12.1. The molecule has 0 aromatic carbocycles. The Balaban J connectivity index is 0.000000111. The molecule has 0 spiro atoms. The van der Waals surface area contributed by atoms with Crippen LogP contribution >= 0.6 is 0 Å². The molecule has 2 N–H and O–H groups in total. The van der Waals surface area contributed by atoms with Crippen LogP contribution in [0.15, 0.2) is 0 Å². The van der Waals surface area contributed by atoms with Crippen LogP contribution < -0.4 is 10.6 Å². The number of rotatable bonds is 0. The van der Waals surface area contributed by atoms with E-state index in [1.54, 1.807) is 0 Å². The minimum atomic E-state index is 0.878. The first kappa shape index (κ1) is 12.9. The van der Waals surface area contributed by atoms with Crippen LogP contribution in [0.25, 0.3) is 0 Å². The second-order valence-electron chi connectivity index (χ2n) is 7.32. The van der Waals surface area contributed by atoms with E-state index in [4.69, 9.17) is 0 Å². The third-order valence-electron chi connectivity index (χ3n) is 5.64. The van der Waals surface area contributed by atoms with Gasteiger partial charge in [0.2, 0.25) is 0 Å². The summed E-state index contributed by atoms with van der Waals surface area (Å²) in [6.07, 6.45) is 11.5. The summed E-state index contributed by atoms with van der Waals surface area (Å²) >= 11 is 0. The fourth-order valence-electron chi connectivity index (χ4n) is 4.53. The van der Waals surface area contributed by atoms with Gasteiger partial charge in [-0.05, 0) is 63.2 Å². The van der Waals surface area contributed by atoms with Crippen LogP contribution in [0.3, 0.4) is 0 Å². The van der Waals surface area contributed by atoms with Gasteiger partial charge in [0.25, 0.3) is 0 Å². The Morgan fingerprint density at radius 1 is 0.667 bits per heavy atom. The fourth-order valence-corrected chi connectivity index (χ4v) is 4.53. The molecule has 0 aromatic heterocycles. The summed E-state index contributed by atoms with van der Waals surface area (Å²) in [7, 11) is 0. The van der Waals surface area contributed by atoms with E-state index in [9.17, 15) is 0 Å². The van der Waals surface area contributed by atoms with Crippen LogP contribution in [0.4, 0.5) is 0 Å². The van der Waals surface area contributed by atoms with Crippen LogP contribution in [0.2, 0.25) is 0 Å². The van der Waals surface area contributed by atoms with E-state index in [0.717, 1.165) is 36.0 Å². The molecule has 4 bridgehead atoms. The molecule has 4 saturated heterocycles. The molecule has 5 unspecified atom stereocenters. The predicted octanol–water partition coefficient (Wildman–Crippen LogP) is 3.07. The molecule has 4 heterocycles. The molecule has 4 rings (SSSR count). The third kappa shape index (κ3) is 2.91. The molecule has 2 heteroatoms. The maximum Gasteiger partial charge on any atom is 0.00958 e. The highest BCUT2D eigenvalue weighted by Gasteiger charge is 2.32. The van der Waals surface area contributed by atoms with E-state index in [1.165, 1.54) is 51.4 Å². The Morgan fingerprint density at radius 3 is 1.94 bits per heavy atom. The molecule has 5 atom stereocenters. The van der Waals surface area contributed by atoms with Gasteiger partial charge in [0, 0.05) is 24.2 Å². The fraction of sp³-hybridized carbons (Fsp3) is 1.00. The number of fused-ring (bicyclic) bond motifs is 4. The van der Waals surface area contributed by atoms with E-state index >= 15 is 0 Å². The van der Waals surface area contributed by atoms with Gasteiger partial charge >= 0.3 is 0 Å². The van der Waals surface area contributed by atoms with Crippen molar-refractivity contribution in [1.29, 1.82) is 0 Å². The lowest BCUT2D eigenvalue weighted by molar-refractivity contribution is 0.311. The van der Waals surface area contributed by atoms with Crippen molar-refractivity contribution in [2.75, 3.05) is 0 Å². The van der Waals surface area contributed by atoms with Crippen LogP contribution in [-0.4, -0.2) is 24.2 Å². The molecule has 0 aromatic rings. The highest BCUT2D eigenvalue weighted by Crippen LogP contribution is 2.31. The Kier molecular flexibility index (Phi) is 3.95. The number of piperidine rings is 2. The summed E-state index contributed by atoms with van der Waals surface area (Å²) in [4.78, 5) is 0. The first-order valence-electron chi connectivity index (χ1n) is 8.23. The average Bonchev–Trinajstić information content (AvgIpc) is 2.90. The maximum absolute atomic E-state index is 3.64. The second-order valence-corrected chi connectivity index (χ2v) is 7.32. The monoisotopic (exact) mass is 250 g/mol. The van der Waals surface area contributed by atoms with Gasteiger partial charge in [-0.15, -0.1) is 0 Å². The highest BCUT2D eigenvalue weighted by atomic mass is 15.0. The second kappa shape index (κ2) is 5.50. The van der Waals surface area contributed by atoms with E-state index < -0.39 is 0 Å². The van der Waals surface area contributed by atoms with Gasteiger partial charge in [0.1, 0.15) is 0 Å². The van der Waals surface area contributed by atoms with E-state index in [2.05, 4.69) is 24.5 Å². The quantitative estimate of drug-likeness (QED) is 0.690. The SMILES string of the molecule is CC1CC2CCC(C1)N2.CC1CCC2CCC1N2. The summed E-state index contributed by atoms with van der Waals surface area (Å²) < 4.78 is 0. The van der Waals surface area contributed by atoms with Gasteiger partial charge in [-0.2, -0.15) is 0 Å². The van der Waals surface area contributed by atoms with Crippen molar-refractivity contribution >= 4 is 0 Å². The van der Waals surface area contributed by atoms with Crippen molar-refractivity contribution < 1.29 is 0 Å². The minimum absolute atomic E-state index is 0.878. The minimum Gasteiger partial charge on any atom is -0.311 e.